The van der Waals surface area contributed by atoms with Crippen molar-refractivity contribution in [2.75, 3.05) is 13.2 Å². The van der Waals surface area contributed by atoms with Gasteiger partial charge in [-0.15, -0.1) is 0 Å². The molecule has 0 aliphatic rings. The first-order chi connectivity index (χ1) is 11.1. The number of amides is 1. The quantitative estimate of drug-likeness (QED) is 0.798. The number of hydrogen-bond acceptors (Lipinski definition) is 3. The standard InChI is InChI=1S/C19H23NO3/c1-14-8-7-11-18(15(14)2)22-13-12-20-19(21)16(3)23-17-9-5-4-6-10-17/h4-11,16H,12-13H2,1-3H3,(H,20,21)/t16-/m1/s1. The van der Waals surface area contributed by atoms with Crippen molar-refractivity contribution in [3.8, 4) is 11.5 Å². The summed E-state index contributed by atoms with van der Waals surface area (Å²) in [5.41, 5.74) is 2.32. The van der Waals surface area contributed by atoms with Gasteiger partial charge in [-0.1, -0.05) is 30.3 Å². The predicted molar refractivity (Wildman–Crippen MR) is 91.0 cm³/mol. The molecule has 0 bridgehead atoms. The van der Waals surface area contributed by atoms with E-state index in [-0.39, 0.29) is 5.91 Å². The summed E-state index contributed by atoms with van der Waals surface area (Å²) in [6, 6.07) is 15.3. The fraction of sp³-hybridized carbons (Fsp3) is 0.316. The summed E-state index contributed by atoms with van der Waals surface area (Å²) in [6.45, 7) is 6.67. The molecule has 2 rings (SSSR count). The average Bonchev–Trinajstić information content (AvgIpc) is 2.56. The number of para-hydroxylation sites is 1. The second kappa shape index (κ2) is 8.22. The topological polar surface area (TPSA) is 47.6 Å². The molecular formula is C19H23NO3. The Kier molecular flexibility index (Phi) is 6.03. The lowest BCUT2D eigenvalue weighted by atomic mass is 10.1. The SMILES string of the molecule is Cc1cccc(OCCNC(=O)[C@@H](C)Oc2ccccc2)c1C. The van der Waals surface area contributed by atoms with Crippen LogP contribution in [0.3, 0.4) is 0 Å². The van der Waals surface area contributed by atoms with E-state index >= 15 is 0 Å². The minimum Gasteiger partial charge on any atom is -0.491 e. The Bertz CT molecular complexity index is 640. The van der Waals surface area contributed by atoms with Gasteiger partial charge >= 0.3 is 0 Å². The number of ether oxygens (including phenoxy) is 2. The van der Waals surface area contributed by atoms with Crippen molar-refractivity contribution in [2.45, 2.75) is 26.9 Å². The molecule has 23 heavy (non-hydrogen) atoms. The van der Waals surface area contributed by atoms with Gasteiger partial charge in [0, 0.05) is 0 Å². The van der Waals surface area contributed by atoms with Gasteiger partial charge in [0.15, 0.2) is 6.10 Å². The monoisotopic (exact) mass is 313 g/mol. The molecule has 0 aromatic heterocycles. The van der Waals surface area contributed by atoms with E-state index in [9.17, 15) is 4.79 Å². The van der Waals surface area contributed by atoms with Crippen molar-refractivity contribution in [2.24, 2.45) is 0 Å². The van der Waals surface area contributed by atoms with Crippen LogP contribution in [0.2, 0.25) is 0 Å². The van der Waals surface area contributed by atoms with E-state index in [2.05, 4.69) is 5.32 Å². The van der Waals surface area contributed by atoms with Gasteiger partial charge < -0.3 is 14.8 Å². The maximum Gasteiger partial charge on any atom is 0.260 e. The first-order valence-corrected chi connectivity index (χ1v) is 7.76. The van der Waals surface area contributed by atoms with Crippen molar-refractivity contribution in [1.82, 2.24) is 5.32 Å². The van der Waals surface area contributed by atoms with Gasteiger partial charge in [0.2, 0.25) is 0 Å². The van der Waals surface area contributed by atoms with Crippen LogP contribution in [-0.4, -0.2) is 25.2 Å². The maximum atomic E-state index is 12.0. The van der Waals surface area contributed by atoms with E-state index in [1.54, 1.807) is 6.92 Å². The molecule has 0 saturated heterocycles. The highest BCUT2D eigenvalue weighted by molar-refractivity contribution is 5.80. The fourth-order valence-corrected chi connectivity index (χ4v) is 2.12. The Labute approximate surface area is 137 Å². The highest BCUT2D eigenvalue weighted by Gasteiger charge is 2.13. The molecule has 1 atom stereocenters. The second-order valence-corrected chi connectivity index (χ2v) is 5.41. The summed E-state index contributed by atoms with van der Waals surface area (Å²) < 4.78 is 11.3. The molecule has 0 aliphatic carbocycles. The Morgan fingerprint density at radius 3 is 2.57 bits per heavy atom. The number of carbonyl (C=O) groups is 1. The normalized spacial score (nSPS) is 11.6. The third-order valence-electron chi connectivity index (χ3n) is 3.64. The Morgan fingerprint density at radius 1 is 1.09 bits per heavy atom. The molecule has 0 saturated carbocycles. The van der Waals surface area contributed by atoms with Crippen LogP contribution in [0.5, 0.6) is 11.5 Å². The molecule has 0 unspecified atom stereocenters. The van der Waals surface area contributed by atoms with Crippen molar-refractivity contribution >= 4 is 5.91 Å². The third-order valence-corrected chi connectivity index (χ3v) is 3.64. The fourth-order valence-electron chi connectivity index (χ4n) is 2.12. The van der Waals surface area contributed by atoms with Crippen LogP contribution in [0.1, 0.15) is 18.1 Å². The van der Waals surface area contributed by atoms with Gasteiger partial charge in [-0.3, -0.25) is 4.79 Å². The lowest BCUT2D eigenvalue weighted by Gasteiger charge is -2.15. The van der Waals surface area contributed by atoms with Gasteiger partial charge in [0.05, 0.1) is 6.54 Å². The smallest absolute Gasteiger partial charge is 0.260 e. The summed E-state index contributed by atoms with van der Waals surface area (Å²) in [5, 5.41) is 2.82. The molecule has 4 nitrogen and oxygen atoms in total. The van der Waals surface area contributed by atoms with Gasteiger partial charge in [-0.25, -0.2) is 0 Å². The number of rotatable bonds is 7. The average molecular weight is 313 g/mol. The van der Waals surface area contributed by atoms with E-state index in [1.807, 2.05) is 62.4 Å². The summed E-state index contributed by atoms with van der Waals surface area (Å²) in [4.78, 5) is 12.0. The summed E-state index contributed by atoms with van der Waals surface area (Å²) >= 11 is 0. The van der Waals surface area contributed by atoms with E-state index in [4.69, 9.17) is 9.47 Å². The van der Waals surface area contributed by atoms with Crippen LogP contribution in [0.25, 0.3) is 0 Å². The molecule has 2 aromatic rings. The first-order valence-electron chi connectivity index (χ1n) is 7.76. The van der Waals surface area contributed by atoms with Gasteiger partial charge in [-0.05, 0) is 50.1 Å². The second-order valence-electron chi connectivity index (χ2n) is 5.41. The molecule has 122 valence electrons. The molecule has 0 radical (unpaired) electrons. The summed E-state index contributed by atoms with van der Waals surface area (Å²) in [7, 11) is 0. The van der Waals surface area contributed by atoms with Gasteiger partial charge in [-0.2, -0.15) is 0 Å². The zero-order chi connectivity index (χ0) is 16.7. The molecule has 0 heterocycles. The molecule has 0 spiro atoms. The van der Waals surface area contributed by atoms with Gasteiger partial charge in [0.25, 0.3) is 5.91 Å². The van der Waals surface area contributed by atoms with E-state index in [0.717, 1.165) is 11.3 Å². The lowest BCUT2D eigenvalue weighted by molar-refractivity contribution is -0.127. The first kappa shape index (κ1) is 16.9. The summed E-state index contributed by atoms with van der Waals surface area (Å²) in [6.07, 6.45) is -0.543. The minimum absolute atomic E-state index is 0.154. The third kappa shape index (κ3) is 5.02. The van der Waals surface area contributed by atoms with Gasteiger partial charge in [0.1, 0.15) is 18.1 Å². The number of benzene rings is 2. The van der Waals surface area contributed by atoms with Crippen molar-refractivity contribution in [1.29, 1.82) is 0 Å². The molecule has 0 aliphatic heterocycles. The van der Waals surface area contributed by atoms with Crippen LogP contribution in [0.4, 0.5) is 0 Å². The zero-order valence-corrected chi connectivity index (χ0v) is 13.8. The Hall–Kier alpha value is -2.49. The Balaban J connectivity index is 1.73. The van der Waals surface area contributed by atoms with Crippen LogP contribution < -0.4 is 14.8 Å². The molecule has 2 aromatic carbocycles. The molecular weight excluding hydrogens is 290 g/mol. The predicted octanol–water partition coefficient (Wildman–Crippen LogP) is 3.27. The lowest BCUT2D eigenvalue weighted by Crippen LogP contribution is -2.38. The summed E-state index contributed by atoms with van der Waals surface area (Å²) in [5.74, 6) is 1.38. The Morgan fingerprint density at radius 2 is 1.83 bits per heavy atom. The number of nitrogens with one attached hydrogen (secondary N) is 1. The minimum atomic E-state index is -0.543. The van der Waals surface area contributed by atoms with E-state index in [0.29, 0.717) is 18.9 Å². The molecule has 0 fully saturated rings. The number of hydrogen-bond donors (Lipinski definition) is 1. The largest absolute Gasteiger partial charge is 0.491 e. The van der Waals surface area contributed by atoms with E-state index in [1.165, 1.54) is 5.56 Å². The molecule has 1 N–H and O–H groups in total. The van der Waals surface area contributed by atoms with Crippen molar-refractivity contribution < 1.29 is 14.3 Å². The van der Waals surface area contributed by atoms with Crippen molar-refractivity contribution in [3.05, 3.63) is 59.7 Å². The van der Waals surface area contributed by atoms with E-state index < -0.39 is 6.10 Å². The number of carbonyl (C=O) groups excluding carboxylic acids is 1. The van der Waals surface area contributed by atoms with Crippen LogP contribution in [0.15, 0.2) is 48.5 Å². The zero-order valence-electron chi connectivity index (χ0n) is 13.8. The molecule has 1 amide bonds. The molecule has 4 heteroatoms. The number of aryl methyl sites for hydroxylation is 1. The van der Waals surface area contributed by atoms with Crippen molar-refractivity contribution in [3.63, 3.8) is 0 Å². The van der Waals surface area contributed by atoms with Crippen LogP contribution in [0, 0.1) is 13.8 Å². The highest BCUT2D eigenvalue weighted by Crippen LogP contribution is 2.20. The van der Waals surface area contributed by atoms with Crippen LogP contribution >= 0.6 is 0 Å². The highest BCUT2D eigenvalue weighted by atomic mass is 16.5. The van der Waals surface area contributed by atoms with Crippen LogP contribution in [-0.2, 0) is 4.79 Å². The maximum absolute atomic E-state index is 12.0.